The fourth-order valence-corrected chi connectivity index (χ4v) is 3.65. The number of nitrogens with zero attached hydrogens (tertiary/aromatic N) is 2. The summed E-state index contributed by atoms with van der Waals surface area (Å²) in [6, 6.07) is 12.0. The SMILES string of the molecule is O=C(c1ccc(F)c(F)c1Nc1ccc(I)cc1F)N1CC(c2ccccn2)C1. The third kappa shape index (κ3) is 3.93. The Balaban J connectivity index is 1.59. The van der Waals surface area contributed by atoms with Gasteiger partial charge in [-0.05, 0) is 65.1 Å². The number of amides is 1. The molecule has 0 spiro atoms. The summed E-state index contributed by atoms with van der Waals surface area (Å²) in [4.78, 5) is 18.7. The molecule has 0 unspecified atom stereocenters. The Kier molecular flexibility index (Phi) is 5.44. The molecule has 1 fully saturated rings. The lowest BCUT2D eigenvalue weighted by molar-refractivity contribution is 0.0599. The third-order valence-electron chi connectivity index (χ3n) is 4.79. The Morgan fingerprint density at radius 3 is 2.55 bits per heavy atom. The highest BCUT2D eigenvalue weighted by Crippen LogP contribution is 2.32. The molecule has 1 aliphatic heterocycles. The van der Waals surface area contributed by atoms with E-state index in [1.54, 1.807) is 12.3 Å². The van der Waals surface area contributed by atoms with Gasteiger partial charge in [-0.3, -0.25) is 9.78 Å². The highest BCUT2D eigenvalue weighted by atomic mass is 127. The van der Waals surface area contributed by atoms with Crippen LogP contribution in [0.5, 0.6) is 0 Å². The van der Waals surface area contributed by atoms with E-state index >= 15 is 0 Å². The molecule has 0 bridgehead atoms. The predicted molar refractivity (Wildman–Crippen MR) is 112 cm³/mol. The molecule has 1 N–H and O–H groups in total. The first kappa shape index (κ1) is 19.7. The molecule has 29 heavy (non-hydrogen) atoms. The number of halogens is 4. The van der Waals surface area contributed by atoms with Gasteiger partial charge in [-0.15, -0.1) is 0 Å². The fraction of sp³-hybridized carbons (Fsp3) is 0.143. The first-order chi connectivity index (χ1) is 13.9. The van der Waals surface area contributed by atoms with Crippen LogP contribution in [0.2, 0.25) is 0 Å². The topological polar surface area (TPSA) is 45.2 Å². The average molecular weight is 509 g/mol. The van der Waals surface area contributed by atoms with Crippen LogP contribution in [0.4, 0.5) is 24.5 Å². The van der Waals surface area contributed by atoms with Crippen molar-refractivity contribution in [3.8, 4) is 0 Å². The Labute approximate surface area is 178 Å². The number of pyridine rings is 1. The Hall–Kier alpha value is -2.62. The number of carbonyl (C=O) groups is 1. The zero-order chi connectivity index (χ0) is 20.5. The number of likely N-dealkylation sites (tertiary alicyclic amines) is 1. The molecule has 4 nitrogen and oxygen atoms in total. The monoisotopic (exact) mass is 509 g/mol. The van der Waals surface area contributed by atoms with Gasteiger partial charge in [0.25, 0.3) is 5.91 Å². The molecule has 1 amide bonds. The maximum Gasteiger partial charge on any atom is 0.256 e. The van der Waals surface area contributed by atoms with Gasteiger partial charge in [0.2, 0.25) is 0 Å². The minimum Gasteiger partial charge on any atom is -0.350 e. The maximum absolute atomic E-state index is 14.5. The molecule has 0 saturated carbocycles. The summed E-state index contributed by atoms with van der Waals surface area (Å²) in [6.45, 7) is 0.846. The molecule has 0 aliphatic carbocycles. The summed E-state index contributed by atoms with van der Waals surface area (Å²) >= 11 is 1.94. The van der Waals surface area contributed by atoms with Crippen LogP contribution in [0.25, 0.3) is 0 Å². The number of anilines is 2. The number of hydrogen-bond donors (Lipinski definition) is 1. The first-order valence-electron chi connectivity index (χ1n) is 8.84. The number of nitrogens with one attached hydrogen (secondary N) is 1. The lowest BCUT2D eigenvalue weighted by Gasteiger charge is -2.39. The molecule has 1 aliphatic rings. The number of carbonyl (C=O) groups excluding carboxylic acids is 1. The van der Waals surface area contributed by atoms with Crippen LogP contribution >= 0.6 is 22.6 Å². The molecule has 148 valence electrons. The summed E-state index contributed by atoms with van der Waals surface area (Å²) in [5.41, 5.74) is 0.401. The second-order valence-corrected chi connectivity index (χ2v) is 7.94. The van der Waals surface area contributed by atoms with Gasteiger partial charge >= 0.3 is 0 Å². The molecule has 4 rings (SSSR count). The molecule has 8 heteroatoms. The normalized spacial score (nSPS) is 13.9. The number of rotatable bonds is 4. The third-order valence-corrected chi connectivity index (χ3v) is 5.46. The number of hydrogen-bond acceptors (Lipinski definition) is 3. The highest BCUT2D eigenvalue weighted by molar-refractivity contribution is 14.1. The van der Waals surface area contributed by atoms with Crippen molar-refractivity contribution in [2.45, 2.75) is 5.92 Å². The maximum atomic E-state index is 14.5. The molecule has 1 saturated heterocycles. The molecule has 3 aromatic rings. The van der Waals surface area contributed by atoms with E-state index in [1.807, 2.05) is 40.8 Å². The van der Waals surface area contributed by atoms with E-state index in [2.05, 4.69) is 10.3 Å². The van der Waals surface area contributed by atoms with Crippen molar-refractivity contribution in [3.63, 3.8) is 0 Å². The highest BCUT2D eigenvalue weighted by Gasteiger charge is 2.34. The van der Waals surface area contributed by atoms with Crippen molar-refractivity contribution in [1.82, 2.24) is 9.88 Å². The lowest BCUT2D eigenvalue weighted by atomic mass is 9.94. The van der Waals surface area contributed by atoms with E-state index in [9.17, 15) is 18.0 Å². The molecule has 0 radical (unpaired) electrons. The van der Waals surface area contributed by atoms with Crippen molar-refractivity contribution in [2.75, 3.05) is 18.4 Å². The first-order valence-corrected chi connectivity index (χ1v) is 9.92. The van der Waals surface area contributed by atoms with E-state index in [-0.39, 0.29) is 22.9 Å². The van der Waals surface area contributed by atoms with Crippen LogP contribution < -0.4 is 5.32 Å². The van der Waals surface area contributed by atoms with E-state index in [4.69, 9.17) is 0 Å². The summed E-state index contributed by atoms with van der Waals surface area (Å²) in [5, 5.41) is 2.55. The fourth-order valence-electron chi connectivity index (χ4n) is 3.20. The van der Waals surface area contributed by atoms with Crippen molar-refractivity contribution in [1.29, 1.82) is 0 Å². The molecule has 2 heterocycles. The van der Waals surface area contributed by atoms with Crippen LogP contribution in [0.15, 0.2) is 54.7 Å². The number of aromatic nitrogens is 1. The summed E-state index contributed by atoms with van der Waals surface area (Å²) in [6.07, 6.45) is 1.69. The minimum absolute atomic E-state index is 0.0427. The molecule has 1 aromatic heterocycles. The molecule has 0 atom stereocenters. The van der Waals surface area contributed by atoms with Gasteiger partial charge in [0.1, 0.15) is 5.82 Å². The van der Waals surface area contributed by atoms with Gasteiger partial charge < -0.3 is 10.2 Å². The van der Waals surface area contributed by atoms with Crippen molar-refractivity contribution in [2.24, 2.45) is 0 Å². The standard InChI is InChI=1S/C21H15F3IN3O/c22-15-6-5-14(20(19(15)24)27-18-7-4-13(25)9-16(18)23)21(29)28-10-12(11-28)17-3-1-2-8-26-17/h1-9,12,27H,10-11H2. The zero-order valence-corrected chi connectivity index (χ0v) is 17.2. The summed E-state index contributed by atoms with van der Waals surface area (Å²) < 4.78 is 43.2. The smallest absolute Gasteiger partial charge is 0.256 e. The quantitative estimate of drug-likeness (QED) is 0.499. The van der Waals surface area contributed by atoms with Gasteiger partial charge in [0, 0.05) is 34.5 Å². The van der Waals surface area contributed by atoms with Gasteiger partial charge in [-0.25, -0.2) is 13.2 Å². The van der Waals surface area contributed by atoms with Crippen LogP contribution in [-0.4, -0.2) is 28.9 Å². The zero-order valence-electron chi connectivity index (χ0n) is 15.0. The van der Waals surface area contributed by atoms with Crippen LogP contribution in [-0.2, 0) is 0 Å². The lowest BCUT2D eigenvalue weighted by Crippen LogP contribution is -2.48. The van der Waals surface area contributed by atoms with Crippen molar-refractivity contribution in [3.05, 3.63) is 87.0 Å². The Morgan fingerprint density at radius 1 is 1.07 bits per heavy atom. The van der Waals surface area contributed by atoms with E-state index in [0.29, 0.717) is 16.7 Å². The van der Waals surface area contributed by atoms with E-state index in [0.717, 1.165) is 11.8 Å². The van der Waals surface area contributed by atoms with Crippen molar-refractivity contribution < 1.29 is 18.0 Å². The average Bonchev–Trinajstić information content (AvgIpc) is 2.67. The Bertz CT molecular complexity index is 1070. The van der Waals surface area contributed by atoms with Gasteiger partial charge in [0.15, 0.2) is 11.6 Å². The number of benzene rings is 2. The van der Waals surface area contributed by atoms with Crippen LogP contribution in [0.3, 0.4) is 0 Å². The summed E-state index contributed by atoms with van der Waals surface area (Å²) in [7, 11) is 0. The van der Waals surface area contributed by atoms with Gasteiger partial charge in [0.05, 0.1) is 16.9 Å². The predicted octanol–water partition coefficient (Wildman–Crippen LogP) is 5.09. The van der Waals surface area contributed by atoms with Crippen LogP contribution in [0.1, 0.15) is 22.0 Å². The molecular formula is C21H15F3IN3O. The van der Waals surface area contributed by atoms with Crippen LogP contribution in [0, 0.1) is 21.0 Å². The van der Waals surface area contributed by atoms with Gasteiger partial charge in [-0.1, -0.05) is 6.07 Å². The second kappa shape index (κ2) is 8.02. The Morgan fingerprint density at radius 2 is 1.86 bits per heavy atom. The largest absolute Gasteiger partial charge is 0.350 e. The molecule has 2 aromatic carbocycles. The second-order valence-electron chi connectivity index (χ2n) is 6.69. The van der Waals surface area contributed by atoms with E-state index < -0.39 is 23.4 Å². The molecular weight excluding hydrogens is 494 g/mol. The minimum atomic E-state index is -1.23. The summed E-state index contributed by atoms with van der Waals surface area (Å²) in [5.74, 6) is -3.33. The van der Waals surface area contributed by atoms with Gasteiger partial charge in [-0.2, -0.15) is 0 Å². The van der Waals surface area contributed by atoms with Crippen molar-refractivity contribution >= 4 is 39.9 Å². The van der Waals surface area contributed by atoms with E-state index in [1.165, 1.54) is 23.1 Å².